The topological polar surface area (TPSA) is 118 Å². The lowest BCUT2D eigenvalue weighted by molar-refractivity contribution is -0.385. The highest BCUT2D eigenvalue weighted by Crippen LogP contribution is 2.61. The Balaban J connectivity index is 1.35. The molecule has 0 spiro atoms. The number of imide groups is 1. The second kappa shape index (κ2) is 9.99. The maximum atomic E-state index is 14.4. The summed E-state index contributed by atoms with van der Waals surface area (Å²) in [6, 6.07) is 26.6. The smallest absolute Gasteiger partial charge is 0.282 e. The number of hydrogen-bond donors (Lipinski definition) is 0. The lowest BCUT2D eigenvalue weighted by Gasteiger charge is -2.45. The summed E-state index contributed by atoms with van der Waals surface area (Å²) in [6.45, 7) is -0.696. The molecule has 0 saturated carbocycles. The van der Waals surface area contributed by atoms with Crippen molar-refractivity contribution in [2.75, 3.05) is 6.54 Å². The first-order valence-electron chi connectivity index (χ1n) is 13.7. The van der Waals surface area contributed by atoms with Crippen LogP contribution in [0.3, 0.4) is 0 Å². The number of halogens is 1. The molecule has 0 aromatic heterocycles. The number of hydrazine groups is 1. The van der Waals surface area contributed by atoms with E-state index < -0.39 is 64.3 Å². The second-order valence-corrected chi connectivity index (χ2v) is 11.3. The Bertz CT molecular complexity index is 1760. The van der Waals surface area contributed by atoms with Gasteiger partial charge in [0.2, 0.25) is 0 Å². The summed E-state index contributed by atoms with van der Waals surface area (Å²) in [5, 5.41) is 13.8. The van der Waals surface area contributed by atoms with Crippen LogP contribution in [0, 0.1) is 22.0 Å². The van der Waals surface area contributed by atoms with Gasteiger partial charge in [-0.05, 0) is 52.6 Å². The minimum Gasteiger partial charge on any atom is -0.292 e. The zero-order chi connectivity index (χ0) is 30.0. The number of Topliss-reactive ketones (excluding diaryl/α,β-unsaturated/α-hetero) is 1. The number of carbonyl (C=O) groups excluding carboxylic acids is 4. The molecule has 212 valence electrons. The number of para-hydroxylation sites is 1. The fourth-order valence-electron chi connectivity index (χ4n) is 6.95. The Labute approximate surface area is 250 Å². The van der Waals surface area contributed by atoms with Crippen LogP contribution >= 0.6 is 11.6 Å². The number of nitro groups is 1. The van der Waals surface area contributed by atoms with Gasteiger partial charge >= 0.3 is 0 Å². The maximum absolute atomic E-state index is 14.4. The van der Waals surface area contributed by atoms with Gasteiger partial charge in [0.1, 0.15) is 12.1 Å². The third kappa shape index (κ3) is 3.99. The van der Waals surface area contributed by atoms with Crippen LogP contribution in [0.25, 0.3) is 0 Å². The molecule has 3 aliphatic carbocycles. The zero-order valence-corrected chi connectivity index (χ0v) is 23.2. The Morgan fingerprint density at radius 2 is 1.21 bits per heavy atom. The Kier molecular flexibility index (Phi) is 6.21. The summed E-state index contributed by atoms with van der Waals surface area (Å²) in [4.78, 5) is 67.4. The summed E-state index contributed by atoms with van der Waals surface area (Å²) >= 11 is 5.98. The zero-order valence-electron chi connectivity index (χ0n) is 22.4. The molecule has 1 heterocycles. The largest absolute Gasteiger partial charge is 0.292 e. The lowest BCUT2D eigenvalue weighted by Crippen LogP contribution is -2.52. The van der Waals surface area contributed by atoms with Crippen LogP contribution in [0.15, 0.2) is 97.1 Å². The molecule has 0 unspecified atom stereocenters. The summed E-state index contributed by atoms with van der Waals surface area (Å²) in [6.07, 6.45) is 0. The predicted molar refractivity (Wildman–Crippen MR) is 155 cm³/mol. The van der Waals surface area contributed by atoms with Gasteiger partial charge in [-0.25, -0.2) is 5.01 Å². The van der Waals surface area contributed by atoms with E-state index in [1.54, 1.807) is 0 Å². The molecule has 9 nitrogen and oxygen atoms in total. The third-order valence-corrected chi connectivity index (χ3v) is 8.94. The van der Waals surface area contributed by atoms with E-state index in [9.17, 15) is 29.3 Å². The number of carbonyl (C=O) groups is 4. The van der Waals surface area contributed by atoms with Crippen LogP contribution in [0.4, 0.5) is 5.69 Å². The molecule has 1 saturated heterocycles. The molecule has 1 fully saturated rings. The van der Waals surface area contributed by atoms with E-state index in [0.29, 0.717) is 5.02 Å². The first kappa shape index (κ1) is 26.7. The fourth-order valence-corrected chi connectivity index (χ4v) is 7.07. The minimum absolute atomic E-state index is 0.196. The van der Waals surface area contributed by atoms with Crippen molar-refractivity contribution < 1.29 is 24.1 Å². The van der Waals surface area contributed by atoms with Crippen molar-refractivity contribution in [2.24, 2.45) is 11.8 Å². The van der Waals surface area contributed by atoms with E-state index in [0.717, 1.165) is 38.3 Å². The molecule has 2 atom stereocenters. The van der Waals surface area contributed by atoms with E-state index in [4.69, 9.17) is 11.6 Å². The number of ketones is 1. The summed E-state index contributed by atoms with van der Waals surface area (Å²) in [5.74, 6) is -5.30. The van der Waals surface area contributed by atoms with Gasteiger partial charge in [0.05, 0.1) is 16.8 Å². The molecular formula is C33H22ClN3O6. The molecular weight excluding hydrogens is 570 g/mol. The van der Waals surface area contributed by atoms with E-state index in [-0.39, 0.29) is 11.1 Å². The SMILES string of the molecule is O=C(CN(C(=O)c1ccccc1[N+](=O)[O-])N1C(=O)[C@H]2C3c4ccccc4C(c4ccccc43)[C@@H]2C1=O)c1ccc(Cl)cc1. The normalized spacial score (nSPS) is 21.2. The van der Waals surface area contributed by atoms with Crippen molar-refractivity contribution in [1.82, 2.24) is 10.0 Å². The number of benzene rings is 4. The van der Waals surface area contributed by atoms with Crippen molar-refractivity contribution in [3.63, 3.8) is 0 Å². The number of amides is 3. The van der Waals surface area contributed by atoms with Crippen molar-refractivity contribution in [3.8, 4) is 0 Å². The highest BCUT2D eigenvalue weighted by molar-refractivity contribution is 6.30. The highest BCUT2D eigenvalue weighted by Gasteiger charge is 2.63. The van der Waals surface area contributed by atoms with Crippen LogP contribution < -0.4 is 0 Å². The molecule has 0 radical (unpaired) electrons. The molecule has 0 N–H and O–H groups in total. The van der Waals surface area contributed by atoms with Gasteiger partial charge in [-0.3, -0.25) is 29.3 Å². The predicted octanol–water partition coefficient (Wildman–Crippen LogP) is 5.38. The lowest BCUT2D eigenvalue weighted by atomic mass is 9.55. The van der Waals surface area contributed by atoms with Crippen molar-refractivity contribution in [3.05, 3.63) is 146 Å². The van der Waals surface area contributed by atoms with Crippen LogP contribution in [0.2, 0.25) is 5.02 Å². The van der Waals surface area contributed by atoms with Crippen LogP contribution in [0.5, 0.6) is 0 Å². The van der Waals surface area contributed by atoms with Crippen LogP contribution in [-0.4, -0.2) is 45.0 Å². The van der Waals surface area contributed by atoms with Crippen molar-refractivity contribution in [1.29, 1.82) is 0 Å². The van der Waals surface area contributed by atoms with Crippen molar-refractivity contribution in [2.45, 2.75) is 11.8 Å². The third-order valence-electron chi connectivity index (χ3n) is 8.69. The van der Waals surface area contributed by atoms with Gasteiger partial charge in [-0.2, -0.15) is 5.01 Å². The molecule has 4 aliphatic rings. The number of nitrogens with zero attached hydrogens (tertiary/aromatic N) is 3. The molecule has 8 rings (SSSR count). The average molecular weight is 592 g/mol. The number of rotatable bonds is 6. The molecule has 43 heavy (non-hydrogen) atoms. The van der Waals surface area contributed by atoms with Gasteiger partial charge in [-0.1, -0.05) is 72.3 Å². The number of hydrogen-bond acceptors (Lipinski definition) is 6. The van der Waals surface area contributed by atoms with E-state index in [1.165, 1.54) is 42.5 Å². The van der Waals surface area contributed by atoms with Gasteiger partial charge in [-0.15, -0.1) is 0 Å². The first-order chi connectivity index (χ1) is 20.8. The Morgan fingerprint density at radius 1 is 0.744 bits per heavy atom. The van der Waals surface area contributed by atoms with Gasteiger partial charge in [0.25, 0.3) is 23.4 Å². The summed E-state index contributed by atoms with van der Waals surface area (Å²) < 4.78 is 0. The molecule has 2 bridgehead atoms. The molecule has 4 aromatic carbocycles. The summed E-state index contributed by atoms with van der Waals surface area (Å²) in [5.41, 5.74) is 3.14. The highest BCUT2D eigenvalue weighted by atomic mass is 35.5. The fraction of sp³-hybridized carbons (Fsp3) is 0.152. The molecule has 1 aliphatic heterocycles. The molecule has 4 aromatic rings. The molecule has 10 heteroatoms. The van der Waals surface area contributed by atoms with Gasteiger partial charge in [0.15, 0.2) is 5.78 Å². The van der Waals surface area contributed by atoms with E-state index >= 15 is 0 Å². The van der Waals surface area contributed by atoms with Gasteiger partial charge in [0, 0.05) is 28.5 Å². The molecule has 3 amide bonds. The second-order valence-electron chi connectivity index (χ2n) is 10.8. The van der Waals surface area contributed by atoms with Crippen LogP contribution in [0.1, 0.15) is 54.8 Å². The summed E-state index contributed by atoms with van der Waals surface area (Å²) in [7, 11) is 0. The Morgan fingerprint density at radius 3 is 1.70 bits per heavy atom. The van der Waals surface area contributed by atoms with E-state index in [2.05, 4.69) is 0 Å². The van der Waals surface area contributed by atoms with Crippen LogP contribution in [-0.2, 0) is 9.59 Å². The van der Waals surface area contributed by atoms with Crippen molar-refractivity contribution >= 4 is 40.8 Å². The number of nitro benzene ring substituents is 1. The average Bonchev–Trinajstić information content (AvgIpc) is 3.29. The maximum Gasteiger partial charge on any atom is 0.282 e. The Hall–Kier alpha value is -5.15. The van der Waals surface area contributed by atoms with Gasteiger partial charge < -0.3 is 0 Å². The monoisotopic (exact) mass is 591 g/mol. The van der Waals surface area contributed by atoms with E-state index in [1.807, 2.05) is 48.5 Å². The minimum atomic E-state index is -1.00. The standard InChI is InChI=1S/C33H22ClN3O6/c34-19-15-13-18(14-16-19)26(38)17-35(31(39)24-11-5-6-12-25(24)37(42)43)36-32(40)29-27-20-7-1-2-8-21(20)28(30(29)33(36)41)23-10-4-3-9-22(23)27/h1-16,27-30H,17H2/t27?,28?,29-,30-/m0/s1. The first-order valence-corrected chi connectivity index (χ1v) is 14.0. The quantitative estimate of drug-likeness (QED) is 0.129.